The van der Waals surface area contributed by atoms with Crippen LogP contribution in [0.3, 0.4) is 0 Å². The van der Waals surface area contributed by atoms with Gasteiger partial charge >= 0.3 is 0 Å². The van der Waals surface area contributed by atoms with Gasteiger partial charge in [0.1, 0.15) is 0 Å². The van der Waals surface area contributed by atoms with Crippen molar-refractivity contribution in [3.63, 3.8) is 0 Å². The van der Waals surface area contributed by atoms with Crippen molar-refractivity contribution in [1.82, 2.24) is 0 Å². The zero-order valence-electron chi connectivity index (χ0n) is 12.3. The summed E-state index contributed by atoms with van der Waals surface area (Å²) in [7, 11) is 3.15. The topological polar surface area (TPSA) is 35.5 Å². The first-order valence-corrected chi connectivity index (χ1v) is 7.34. The first-order chi connectivity index (χ1) is 10.0. The van der Waals surface area contributed by atoms with Gasteiger partial charge in [0.2, 0.25) is 0 Å². The van der Waals surface area contributed by atoms with E-state index in [4.69, 9.17) is 9.47 Å². The summed E-state index contributed by atoms with van der Waals surface area (Å²) in [6.07, 6.45) is 0.357. The second-order valence-electron chi connectivity index (χ2n) is 4.75. The van der Waals surface area contributed by atoms with E-state index in [1.165, 1.54) is 0 Å². The van der Waals surface area contributed by atoms with Gasteiger partial charge in [-0.25, -0.2) is 0 Å². The fourth-order valence-electron chi connectivity index (χ4n) is 2.21. The lowest BCUT2D eigenvalue weighted by atomic mass is 9.98. The number of aryl methyl sites for hydroxylation is 1. The van der Waals surface area contributed by atoms with Gasteiger partial charge in [-0.1, -0.05) is 28.1 Å². The number of Topliss-reactive ketones (excluding diaryl/α,β-unsaturated/α-hetero) is 1. The van der Waals surface area contributed by atoms with Gasteiger partial charge < -0.3 is 9.47 Å². The largest absolute Gasteiger partial charge is 0.493 e. The number of hydrogen-bond acceptors (Lipinski definition) is 3. The van der Waals surface area contributed by atoms with Gasteiger partial charge in [0, 0.05) is 16.5 Å². The summed E-state index contributed by atoms with van der Waals surface area (Å²) in [6.45, 7) is 1.90. The molecule has 110 valence electrons. The van der Waals surface area contributed by atoms with Crippen LogP contribution in [-0.4, -0.2) is 20.0 Å². The molecule has 0 heterocycles. The molecule has 0 saturated carbocycles. The molecule has 21 heavy (non-hydrogen) atoms. The molecule has 0 unspecified atom stereocenters. The number of carbonyl (C=O) groups excluding carboxylic acids is 1. The molecule has 0 bridgehead atoms. The summed E-state index contributed by atoms with van der Waals surface area (Å²) in [4.78, 5) is 12.5. The number of ketones is 1. The Morgan fingerprint density at radius 2 is 1.76 bits per heavy atom. The Hall–Kier alpha value is -1.81. The standard InChI is InChI=1S/C17H17BrO3/c1-11-7-16(20-2)17(21-3)10-14(11)15(19)9-12-5-4-6-13(18)8-12/h4-8,10H,9H2,1-3H3. The van der Waals surface area contributed by atoms with Gasteiger partial charge in [-0.15, -0.1) is 0 Å². The normalized spacial score (nSPS) is 10.3. The molecule has 2 aromatic carbocycles. The molecule has 0 aliphatic rings. The van der Waals surface area contributed by atoms with E-state index in [9.17, 15) is 4.79 Å². The Morgan fingerprint density at radius 3 is 2.38 bits per heavy atom. The molecule has 0 atom stereocenters. The Bertz CT molecular complexity index is 665. The third-order valence-electron chi connectivity index (χ3n) is 3.28. The summed E-state index contributed by atoms with van der Waals surface area (Å²) in [5, 5.41) is 0. The van der Waals surface area contributed by atoms with Crippen LogP contribution in [-0.2, 0) is 6.42 Å². The van der Waals surface area contributed by atoms with E-state index in [1.807, 2.05) is 37.3 Å². The quantitative estimate of drug-likeness (QED) is 0.759. The molecule has 0 aliphatic carbocycles. The number of hydrogen-bond donors (Lipinski definition) is 0. The molecule has 0 radical (unpaired) electrons. The minimum absolute atomic E-state index is 0.0616. The molecule has 0 aliphatic heterocycles. The lowest BCUT2D eigenvalue weighted by Gasteiger charge is -2.12. The minimum Gasteiger partial charge on any atom is -0.493 e. The van der Waals surface area contributed by atoms with Crippen LogP contribution in [0.4, 0.5) is 0 Å². The van der Waals surface area contributed by atoms with Gasteiger partial charge in [0.25, 0.3) is 0 Å². The van der Waals surface area contributed by atoms with Crippen LogP contribution in [0.2, 0.25) is 0 Å². The summed E-state index contributed by atoms with van der Waals surface area (Å²) in [5.74, 6) is 1.27. The minimum atomic E-state index is 0.0616. The van der Waals surface area contributed by atoms with Gasteiger partial charge in [0.15, 0.2) is 17.3 Å². The van der Waals surface area contributed by atoms with Crippen molar-refractivity contribution in [2.24, 2.45) is 0 Å². The zero-order chi connectivity index (χ0) is 15.4. The van der Waals surface area contributed by atoms with E-state index in [0.29, 0.717) is 23.5 Å². The SMILES string of the molecule is COc1cc(C)c(C(=O)Cc2cccc(Br)c2)cc1OC. The van der Waals surface area contributed by atoms with Crippen LogP contribution in [0.1, 0.15) is 21.5 Å². The number of ether oxygens (including phenoxy) is 2. The Morgan fingerprint density at radius 1 is 1.10 bits per heavy atom. The molecule has 0 spiro atoms. The highest BCUT2D eigenvalue weighted by atomic mass is 79.9. The van der Waals surface area contributed by atoms with Crippen LogP contribution in [0.25, 0.3) is 0 Å². The maximum absolute atomic E-state index is 12.5. The first-order valence-electron chi connectivity index (χ1n) is 6.55. The number of methoxy groups -OCH3 is 2. The maximum Gasteiger partial charge on any atom is 0.167 e. The van der Waals surface area contributed by atoms with E-state index in [1.54, 1.807) is 20.3 Å². The monoisotopic (exact) mass is 348 g/mol. The van der Waals surface area contributed by atoms with Gasteiger partial charge in [-0.2, -0.15) is 0 Å². The van der Waals surface area contributed by atoms with Crippen molar-refractivity contribution in [1.29, 1.82) is 0 Å². The second-order valence-corrected chi connectivity index (χ2v) is 5.67. The van der Waals surface area contributed by atoms with Crippen molar-refractivity contribution in [3.05, 3.63) is 57.6 Å². The average molecular weight is 349 g/mol. The Kier molecular flexibility index (Phi) is 5.02. The third kappa shape index (κ3) is 3.64. The lowest BCUT2D eigenvalue weighted by Crippen LogP contribution is -2.07. The zero-order valence-corrected chi connectivity index (χ0v) is 13.9. The number of rotatable bonds is 5. The Balaban J connectivity index is 2.31. The summed E-state index contributed by atoms with van der Waals surface area (Å²) < 4.78 is 11.5. The second kappa shape index (κ2) is 6.76. The number of benzene rings is 2. The summed E-state index contributed by atoms with van der Waals surface area (Å²) >= 11 is 3.42. The smallest absolute Gasteiger partial charge is 0.167 e. The van der Waals surface area contributed by atoms with Crippen molar-refractivity contribution in [2.45, 2.75) is 13.3 Å². The first kappa shape index (κ1) is 15.6. The van der Waals surface area contributed by atoms with Crippen LogP contribution >= 0.6 is 15.9 Å². The molecule has 4 heteroatoms. The van der Waals surface area contributed by atoms with Crippen LogP contribution < -0.4 is 9.47 Å². The van der Waals surface area contributed by atoms with Crippen LogP contribution in [0.5, 0.6) is 11.5 Å². The van der Waals surface area contributed by atoms with Crippen LogP contribution in [0, 0.1) is 6.92 Å². The van der Waals surface area contributed by atoms with Gasteiger partial charge in [-0.3, -0.25) is 4.79 Å². The maximum atomic E-state index is 12.5. The molecule has 0 amide bonds. The predicted octanol–water partition coefficient (Wildman–Crippen LogP) is 4.20. The van der Waals surface area contributed by atoms with E-state index in [2.05, 4.69) is 15.9 Å². The highest BCUT2D eigenvalue weighted by molar-refractivity contribution is 9.10. The van der Waals surface area contributed by atoms with Crippen molar-refractivity contribution in [3.8, 4) is 11.5 Å². The van der Waals surface area contributed by atoms with E-state index < -0.39 is 0 Å². The Labute approximate surface area is 133 Å². The molecular weight excluding hydrogens is 332 g/mol. The van der Waals surface area contributed by atoms with Gasteiger partial charge in [0.05, 0.1) is 14.2 Å². The summed E-state index contributed by atoms with van der Waals surface area (Å²) in [6, 6.07) is 11.3. The number of carbonyl (C=O) groups is 1. The van der Waals surface area contributed by atoms with E-state index in [-0.39, 0.29) is 5.78 Å². The average Bonchev–Trinajstić information content (AvgIpc) is 2.46. The lowest BCUT2D eigenvalue weighted by molar-refractivity contribution is 0.0992. The van der Waals surface area contributed by atoms with Crippen molar-refractivity contribution >= 4 is 21.7 Å². The van der Waals surface area contributed by atoms with E-state index >= 15 is 0 Å². The predicted molar refractivity (Wildman–Crippen MR) is 86.5 cm³/mol. The fraction of sp³-hybridized carbons (Fsp3) is 0.235. The fourth-order valence-corrected chi connectivity index (χ4v) is 2.66. The molecule has 0 saturated heterocycles. The summed E-state index contributed by atoms with van der Waals surface area (Å²) in [5.41, 5.74) is 2.52. The highest BCUT2D eigenvalue weighted by Gasteiger charge is 2.15. The third-order valence-corrected chi connectivity index (χ3v) is 3.78. The van der Waals surface area contributed by atoms with E-state index in [0.717, 1.165) is 15.6 Å². The molecule has 2 aromatic rings. The molecular formula is C17H17BrO3. The molecule has 2 rings (SSSR count). The molecule has 0 N–H and O–H groups in total. The molecule has 3 nitrogen and oxygen atoms in total. The van der Waals surface area contributed by atoms with Crippen molar-refractivity contribution < 1.29 is 14.3 Å². The van der Waals surface area contributed by atoms with Crippen LogP contribution in [0.15, 0.2) is 40.9 Å². The number of halogens is 1. The van der Waals surface area contributed by atoms with Gasteiger partial charge in [-0.05, 0) is 42.3 Å². The molecule has 0 fully saturated rings. The highest BCUT2D eigenvalue weighted by Crippen LogP contribution is 2.30. The molecule has 0 aromatic heterocycles. The van der Waals surface area contributed by atoms with Crippen molar-refractivity contribution in [2.75, 3.05) is 14.2 Å².